The van der Waals surface area contributed by atoms with Gasteiger partial charge in [-0.1, -0.05) is 91.5 Å². The van der Waals surface area contributed by atoms with Crippen LogP contribution < -0.4 is 16.3 Å². The molecule has 9 rings (SSSR count). The summed E-state index contributed by atoms with van der Waals surface area (Å²) >= 11 is 1.85. The first kappa shape index (κ1) is 35.7. The largest absolute Gasteiger partial charge is 0.384 e. The van der Waals surface area contributed by atoms with E-state index in [1.54, 1.807) is 7.05 Å². The van der Waals surface area contributed by atoms with Crippen LogP contribution >= 0.6 is 11.3 Å². The fraction of sp³-hybridized carbons (Fsp3) is 0.0577. The van der Waals surface area contributed by atoms with Crippen molar-refractivity contribution in [1.82, 2.24) is 9.13 Å². The van der Waals surface area contributed by atoms with Gasteiger partial charge in [0, 0.05) is 60.0 Å². The summed E-state index contributed by atoms with van der Waals surface area (Å²) in [5, 5.41) is 8.16. The van der Waals surface area contributed by atoms with E-state index in [2.05, 4.69) is 179 Å². The Morgan fingerprint density at radius 3 is 1.89 bits per heavy atom. The second-order valence-corrected chi connectivity index (χ2v) is 15.2. The number of amidine groups is 1. The van der Waals surface area contributed by atoms with Crippen LogP contribution in [0.15, 0.2) is 175 Å². The molecule has 3 heterocycles. The van der Waals surface area contributed by atoms with E-state index < -0.39 is 0 Å². The lowest BCUT2D eigenvalue weighted by molar-refractivity contribution is 1.07. The minimum absolute atomic E-state index is 0.475. The number of thiophene rings is 1. The van der Waals surface area contributed by atoms with Crippen molar-refractivity contribution < 1.29 is 0 Å². The molecule has 0 aliphatic heterocycles. The van der Waals surface area contributed by atoms with Crippen LogP contribution in [0.5, 0.6) is 0 Å². The maximum absolute atomic E-state index is 6.41. The van der Waals surface area contributed by atoms with Crippen LogP contribution in [-0.2, 0) is 0 Å². The molecule has 0 bridgehead atoms. The minimum atomic E-state index is 0.475. The summed E-state index contributed by atoms with van der Waals surface area (Å²) in [6.45, 7) is 8.14. The number of rotatable bonds is 8. The fourth-order valence-corrected chi connectivity index (χ4v) is 9.23. The van der Waals surface area contributed by atoms with Crippen molar-refractivity contribution in [3.63, 3.8) is 0 Å². The van der Waals surface area contributed by atoms with Gasteiger partial charge in [-0.3, -0.25) is 4.99 Å². The van der Waals surface area contributed by atoms with E-state index in [4.69, 9.17) is 5.73 Å². The topological polar surface area (TPSA) is 48.2 Å². The second-order valence-electron chi connectivity index (χ2n) is 14.1. The zero-order valence-corrected chi connectivity index (χ0v) is 33.1. The molecule has 3 aromatic heterocycles. The number of fused-ring (bicyclic) bond motifs is 7. The Morgan fingerprint density at radius 1 is 0.649 bits per heavy atom. The average Bonchev–Trinajstić information content (AvgIpc) is 3.89. The number of aromatic nitrogens is 2. The third-order valence-electron chi connectivity index (χ3n) is 10.7. The molecule has 57 heavy (non-hydrogen) atoms. The van der Waals surface area contributed by atoms with E-state index >= 15 is 0 Å². The van der Waals surface area contributed by atoms with Gasteiger partial charge in [0.15, 0.2) is 0 Å². The Kier molecular flexibility index (Phi) is 9.37. The van der Waals surface area contributed by atoms with Gasteiger partial charge in [-0.2, -0.15) is 0 Å². The Hall–Kier alpha value is -6.95. The first-order chi connectivity index (χ1) is 28.0. The molecule has 0 atom stereocenters. The van der Waals surface area contributed by atoms with Crippen molar-refractivity contribution >= 4 is 87.9 Å². The number of hydrogen-bond donors (Lipinski definition) is 1. The van der Waals surface area contributed by atoms with Gasteiger partial charge in [-0.15, -0.1) is 11.3 Å². The maximum atomic E-state index is 6.41. The van der Waals surface area contributed by atoms with Gasteiger partial charge in [-0.05, 0) is 127 Å². The second kappa shape index (κ2) is 14.9. The van der Waals surface area contributed by atoms with Crippen molar-refractivity contribution in [2.45, 2.75) is 13.8 Å². The molecule has 0 unspecified atom stereocenters. The monoisotopic (exact) mass is 754 g/mol. The zero-order valence-electron chi connectivity index (χ0n) is 32.3. The summed E-state index contributed by atoms with van der Waals surface area (Å²) in [7, 11) is 1.73. The molecular formula is C52H42N4S. The van der Waals surface area contributed by atoms with Gasteiger partial charge in [0.1, 0.15) is 5.84 Å². The fourth-order valence-electron chi connectivity index (χ4n) is 8.15. The van der Waals surface area contributed by atoms with Crippen LogP contribution in [0.25, 0.3) is 98.7 Å². The lowest BCUT2D eigenvalue weighted by atomic mass is 9.98. The summed E-state index contributed by atoms with van der Waals surface area (Å²) < 4.78 is 7.27. The molecule has 5 heteroatoms. The van der Waals surface area contributed by atoms with Crippen LogP contribution in [0.1, 0.15) is 13.8 Å². The molecule has 2 N–H and O–H groups in total. The SMILES string of the molecule is C=C/C=C(\C=C/C)n1c2ccc(-c3ccc4c(c3)c(=CC(N)=NC)/c(=C\C=C/C)n4-c3ccccc3)cc2c2cc(-c3ccc4sc5ccccc5c4c3)ccc21. The van der Waals surface area contributed by atoms with Crippen molar-refractivity contribution in [1.29, 1.82) is 0 Å². The van der Waals surface area contributed by atoms with Gasteiger partial charge in [0.25, 0.3) is 0 Å². The van der Waals surface area contributed by atoms with Gasteiger partial charge in [0.05, 0.1) is 21.9 Å². The van der Waals surface area contributed by atoms with Crippen LogP contribution in [0.4, 0.5) is 0 Å². The van der Waals surface area contributed by atoms with E-state index in [0.29, 0.717) is 5.84 Å². The summed E-state index contributed by atoms with van der Waals surface area (Å²) in [6, 6.07) is 46.5. The molecule has 6 aromatic carbocycles. The number of hydrogen-bond acceptors (Lipinski definition) is 2. The molecular weight excluding hydrogens is 713 g/mol. The standard InChI is InChI=1S/C52H42N4S/c1-5-8-19-46-44(33-52(53)54-4)43-31-35(22-27-49(43)56(46)39-16-10-9-11-17-39)34-21-25-47-41(29-34)42-30-36(23-26-48(42)55(47)38(14-6-2)15-7-3)37-24-28-51-45(32-37)40-18-12-13-20-50(40)57-51/h5-33H,2H2,1,3-4H3,(H2,53,54)/b8-5-,15-7-,38-14+,44-33?,46-19+. The van der Waals surface area contributed by atoms with Crippen LogP contribution in [0.2, 0.25) is 0 Å². The minimum Gasteiger partial charge on any atom is -0.384 e. The van der Waals surface area contributed by atoms with Crippen LogP contribution in [0.3, 0.4) is 0 Å². The lowest BCUT2D eigenvalue weighted by Crippen LogP contribution is -2.30. The Morgan fingerprint density at radius 2 is 1.25 bits per heavy atom. The highest BCUT2D eigenvalue weighted by molar-refractivity contribution is 7.25. The predicted molar refractivity (Wildman–Crippen MR) is 250 cm³/mol. The summed E-state index contributed by atoms with van der Waals surface area (Å²) in [6.07, 6.45) is 16.4. The average molecular weight is 755 g/mol. The summed E-state index contributed by atoms with van der Waals surface area (Å²) in [5.41, 5.74) is 16.6. The Bertz CT molecular complexity index is 3290. The first-order valence-corrected chi connectivity index (χ1v) is 20.1. The van der Waals surface area contributed by atoms with Gasteiger partial charge in [-0.25, -0.2) is 0 Å². The number of nitrogens with zero attached hydrogens (tertiary/aromatic N) is 3. The van der Waals surface area contributed by atoms with E-state index in [0.717, 1.165) is 55.0 Å². The molecule has 0 aliphatic carbocycles. The van der Waals surface area contributed by atoms with Crippen molar-refractivity contribution in [3.8, 4) is 27.9 Å². The summed E-state index contributed by atoms with van der Waals surface area (Å²) in [4.78, 5) is 4.32. The number of allylic oxidation sites excluding steroid dienone is 7. The van der Waals surface area contributed by atoms with E-state index in [1.807, 2.05) is 42.6 Å². The molecule has 0 aliphatic rings. The molecule has 0 saturated carbocycles. The quantitative estimate of drug-likeness (QED) is 0.0937. The molecule has 9 aromatic rings. The highest BCUT2D eigenvalue weighted by Gasteiger charge is 2.17. The van der Waals surface area contributed by atoms with Gasteiger partial charge < -0.3 is 14.9 Å². The normalized spacial score (nSPS) is 13.6. The van der Waals surface area contributed by atoms with Crippen LogP contribution in [0, 0.1) is 0 Å². The number of aliphatic imine (C=N–C) groups is 1. The van der Waals surface area contributed by atoms with Gasteiger partial charge >= 0.3 is 0 Å². The number of para-hydroxylation sites is 1. The molecule has 0 spiro atoms. The highest BCUT2D eigenvalue weighted by atomic mass is 32.1. The number of nitrogens with two attached hydrogens (primary N) is 1. The van der Waals surface area contributed by atoms with Crippen molar-refractivity contribution in [2.75, 3.05) is 7.05 Å². The first-order valence-electron chi connectivity index (χ1n) is 19.2. The third-order valence-corrected chi connectivity index (χ3v) is 11.9. The smallest absolute Gasteiger partial charge is 0.118 e. The summed E-state index contributed by atoms with van der Waals surface area (Å²) in [5.74, 6) is 0.475. The molecule has 0 fully saturated rings. The zero-order chi connectivity index (χ0) is 39.0. The molecule has 0 saturated heterocycles. The predicted octanol–water partition coefficient (Wildman–Crippen LogP) is 12.2. The highest BCUT2D eigenvalue weighted by Crippen LogP contribution is 2.40. The van der Waals surface area contributed by atoms with Crippen molar-refractivity contribution in [2.24, 2.45) is 10.7 Å². The molecule has 276 valence electrons. The Balaban J connectivity index is 1.29. The van der Waals surface area contributed by atoms with E-state index in [-0.39, 0.29) is 0 Å². The Labute approximate surface area is 336 Å². The third kappa shape index (κ3) is 6.23. The van der Waals surface area contributed by atoms with E-state index in [1.165, 1.54) is 42.1 Å². The molecule has 4 nitrogen and oxygen atoms in total. The maximum Gasteiger partial charge on any atom is 0.118 e. The van der Waals surface area contributed by atoms with Crippen LogP contribution in [-0.4, -0.2) is 22.0 Å². The molecule has 0 radical (unpaired) electrons. The van der Waals surface area contributed by atoms with E-state index in [9.17, 15) is 0 Å². The van der Waals surface area contributed by atoms with Gasteiger partial charge in [0.2, 0.25) is 0 Å². The lowest BCUT2D eigenvalue weighted by Gasteiger charge is -2.10. The van der Waals surface area contributed by atoms with Crippen molar-refractivity contribution in [3.05, 3.63) is 181 Å². The molecule has 0 amide bonds. The number of benzene rings is 6.